The maximum absolute atomic E-state index is 11.9. The van der Waals surface area contributed by atoms with Crippen LogP contribution in [0.15, 0.2) is 47.3 Å². The Balaban J connectivity index is 2.81. The topological polar surface area (TPSA) is 59.3 Å². The Morgan fingerprint density at radius 1 is 1.39 bits per heavy atom. The summed E-state index contributed by atoms with van der Waals surface area (Å²) in [4.78, 5) is 23.1. The normalized spacial score (nSPS) is 11.2. The van der Waals surface area contributed by atoms with Crippen LogP contribution in [-0.2, 0) is 6.54 Å². The van der Waals surface area contributed by atoms with Gasteiger partial charge >= 0.3 is 5.97 Å². The van der Waals surface area contributed by atoms with Gasteiger partial charge in [0.1, 0.15) is 0 Å². The molecule has 0 bridgehead atoms. The summed E-state index contributed by atoms with van der Waals surface area (Å²) in [6.45, 7) is 2.31. The van der Waals surface area contributed by atoms with Crippen molar-refractivity contribution < 1.29 is 9.90 Å². The van der Waals surface area contributed by atoms with Crippen molar-refractivity contribution in [3.63, 3.8) is 0 Å². The number of carboxylic acids is 1. The molecular weight excluding hydrogens is 230 g/mol. The summed E-state index contributed by atoms with van der Waals surface area (Å²) >= 11 is 0. The number of nitrogens with zero attached hydrogens (tertiary/aromatic N) is 1. The van der Waals surface area contributed by atoms with Crippen LogP contribution in [0.1, 0.15) is 17.3 Å². The van der Waals surface area contributed by atoms with Crippen molar-refractivity contribution in [2.24, 2.45) is 0 Å². The molecular formula is C14H13NO3. The number of allylic oxidation sites excluding steroid dienone is 2. The maximum Gasteiger partial charge on any atom is 0.336 e. The average Bonchev–Trinajstić information content (AvgIpc) is 2.36. The lowest BCUT2D eigenvalue weighted by atomic mass is 10.1. The molecule has 2 aromatic rings. The molecule has 0 radical (unpaired) electrons. The summed E-state index contributed by atoms with van der Waals surface area (Å²) in [5.74, 6) is -1.08. The van der Waals surface area contributed by atoms with Crippen molar-refractivity contribution in [2.45, 2.75) is 13.5 Å². The number of pyridine rings is 1. The number of carbonyl (C=O) groups is 1. The Kier molecular flexibility index (Phi) is 3.28. The lowest BCUT2D eigenvalue weighted by molar-refractivity contribution is 0.0698. The van der Waals surface area contributed by atoms with E-state index < -0.39 is 5.97 Å². The van der Waals surface area contributed by atoms with Crippen LogP contribution in [0.5, 0.6) is 0 Å². The number of rotatable bonds is 3. The van der Waals surface area contributed by atoms with Crippen molar-refractivity contribution in [1.82, 2.24) is 4.57 Å². The van der Waals surface area contributed by atoms with Gasteiger partial charge in [0.25, 0.3) is 5.56 Å². The summed E-state index contributed by atoms with van der Waals surface area (Å²) in [5, 5.41) is 9.69. The van der Waals surface area contributed by atoms with Gasteiger partial charge in [-0.25, -0.2) is 4.79 Å². The molecule has 0 atom stereocenters. The molecule has 2 rings (SSSR count). The number of carboxylic acid groups (broad SMARTS) is 1. The fourth-order valence-electron chi connectivity index (χ4n) is 1.91. The van der Waals surface area contributed by atoms with Gasteiger partial charge in [-0.15, -0.1) is 0 Å². The Morgan fingerprint density at radius 3 is 2.78 bits per heavy atom. The Labute approximate surface area is 104 Å². The highest BCUT2D eigenvalue weighted by atomic mass is 16.4. The first kappa shape index (κ1) is 12.1. The molecule has 1 N–H and O–H groups in total. The fraction of sp³-hybridized carbons (Fsp3) is 0.143. The molecule has 0 saturated heterocycles. The molecule has 18 heavy (non-hydrogen) atoms. The summed E-state index contributed by atoms with van der Waals surface area (Å²) in [5.41, 5.74) is 0.386. The van der Waals surface area contributed by atoms with E-state index in [0.717, 1.165) is 0 Å². The van der Waals surface area contributed by atoms with Gasteiger partial charge in [-0.2, -0.15) is 0 Å². The minimum Gasteiger partial charge on any atom is -0.478 e. The van der Waals surface area contributed by atoms with Gasteiger partial charge in [-0.3, -0.25) is 4.79 Å². The quantitative estimate of drug-likeness (QED) is 0.841. The lowest BCUT2D eigenvalue weighted by Gasteiger charge is -2.09. The van der Waals surface area contributed by atoms with Crippen LogP contribution >= 0.6 is 0 Å². The van der Waals surface area contributed by atoms with E-state index in [1.165, 1.54) is 6.07 Å². The number of aromatic carboxylic acids is 1. The Hall–Kier alpha value is -2.36. The third-order valence-electron chi connectivity index (χ3n) is 2.77. The fourth-order valence-corrected chi connectivity index (χ4v) is 1.91. The van der Waals surface area contributed by atoms with Crippen LogP contribution in [0.2, 0.25) is 0 Å². The smallest absolute Gasteiger partial charge is 0.336 e. The zero-order chi connectivity index (χ0) is 13.1. The molecule has 0 aliphatic heterocycles. The second-order valence-corrected chi connectivity index (χ2v) is 3.90. The summed E-state index contributed by atoms with van der Waals surface area (Å²) in [6.07, 6.45) is 3.71. The van der Waals surface area contributed by atoms with Gasteiger partial charge in [-0.05, 0) is 13.0 Å². The molecule has 0 unspecified atom stereocenters. The molecule has 0 aliphatic carbocycles. The van der Waals surface area contributed by atoms with Gasteiger partial charge in [0.15, 0.2) is 0 Å². The Morgan fingerprint density at radius 2 is 2.11 bits per heavy atom. The Bertz CT molecular complexity index is 683. The van der Waals surface area contributed by atoms with Crippen LogP contribution in [0.3, 0.4) is 0 Å². The van der Waals surface area contributed by atoms with Crippen LogP contribution in [0, 0.1) is 0 Å². The maximum atomic E-state index is 11.9. The number of aromatic nitrogens is 1. The van der Waals surface area contributed by atoms with Crippen molar-refractivity contribution in [3.05, 3.63) is 58.4 Å². The number of hydrogen-bond donors (Lipinski definition) is 1. The van der Waals surface area contributed by atoms with Gasteiger partial charge < -0.3 is 9.67 Å². The van der Waals surface area contributed by atoms with Crippen LogP contribution in [-0.4, -0.2) is 15.6 Å². The first-order valence-corrected chi connectivity index (χ1v) is 5.62. The lowest BCUT2D eigenvalue weighted by Crippen LogP contribution is -2.21. The molecule has 0 aliphatic rings. The van der Waals surface area contributed by atoms with Crippen LogP contribution in [0.25, 0.3) is 10.9 Å². The van der Waals surface area contributed by atoms with E-state index in [1.807, 2.05) is 19.1 Å². The SMILES string of the molecule is CC=CCn1c(=O)cc(C(=O)O)c2ccccc21. The minimum absolute atomic E-state index is 0.0485. The van der Waals surface area contributed by atoms with Crippen molar-refractivity contribution in [1.29, 1.82) is 0 Å². The summed E-state index contributed by atoms with van der Waals surface area (Å²) in [6, 6.07) is 8.20. The molecule has 0 fully saturated rings. The second kappa shape index (κ2) is 4.87. The molecule has 1 aromatic heterocycles. The minimum atomic E-state index is -1.08. The number of para-hydroxylation sites is 1. The van der Waals surface area contributed by atoms with Gasteiger partial charge in [0.2, 0.25) is 0 Å². The highest BCUT2D eigenvalue weighted by Crippen LogP contribution is 2.16. The predicted octanol–water partition coefficient (Wildman–Crippen LogP) is 2.28. The number of benzene rings is 1. The predicted molar refractivity (Wildman–Crippen MR) is 70.0 cm³/mol. The standard InChI is InChI=1S/C14H13NO3/c1-2-3-8-15-12-7-5-4-6-10(12)11(14(17)18)9-13(15)16/h2-7,9H,8H2,1H3,(H,17,18). The van der Waals surface area contributed by atoms with E-state index in [4.69, 9.17) is 5.11 Å². The van der Waals surface area contributed by atoms with E-state index in [1.54, 1.807) is 28.8 Å². The van der Waals surface area contributed by atoms with Crippen LogP contribution in [0.4, 0.5) is 0 Å². The molecule has 1 aromatic carbocycles. The van der Waals surface area contributed by atoms with E-state index in [-0.39, 0.29) is 11.1 Å². The molecule has 0 spiro atoms. The summed E-state index contributed by atoms with van der Waals surface area (Å²) < 4.78 is 1.56. The molecule has 1 heterocycles. The van der Waals surface area contributed by atoms with Gasteiger partial charge in [0, 0.05) is 18.0 Å². The molecule has 0 saturated carbocycles. The zero-order valence-electron chi connectivity index (χ0n) is 9.96. The molecule has 4 nitrogen and oxygen atoms in total. The third kappa shape index (κ3) is 2.05. The summed E-state index contributed by atoms with van der Waals surface area (Å²) in [7, 11) is 0. The average molecular weight is 243 g/mol. The molecule has 92 valence electrons. The largest absolute Gasteiger partial charge is 0.478 e. The monoisotopic (exact) mass is 243 g/mol. The number of fused-ring (bicyclic) bond motifs is 1. The van der Waals surface area contributed by atoms with E-state index >= 15 is 0 Å². The molecule has 4 heteroatoms. The van der Waals surface area contributed by atoms with E-state index in [2.05, 4.69) is 0 Å². The van der Waals surface area contributed by atoms with Crippen molar-refractivity contribution in [3.8, 4) is 0 Å². The van der Waals surface area contributed by atoms with Gasteiger partial charge in [-0.1, -0.05) is 30.4 Å². The molecule has 0 amide bonds. The van der Waals surface area contributed by atoms with Crippen molar-refractivity contribution in [2.75, 3.05) is 0 Å². The first-order valence-electron chi connectivity index (χ1n) is 5.62. The highest BCUT2D eigenvalue weighted by Gasteiger charge is 2.12. The third-order valence-corrected chi connectivity index (χ3v) is 2.77. The number of hydrogen-bond acceptors (Lipinski definition) is 2. The van der Waals surface area contributed by atoms with E-state index in [0.29, 0.717) is 17.4 Å². The first-order chi connectivity index (χ1) is 8.65. The van der Waals surface area contributed by atoms with Gasteiger partial charge in [0.05, 0.1) is 11.1 Å². The van der Waals surface area contributed by atoms with Crippen molar-refractivity contribution >= 4 is 16.9 Å². The van der Waals surface area contributed by atoms with Crippen LogP contribution < -0.4 is 5.56 Å². The second-order valence-electron chi connectivity index (χ2n) is 3.90. The highest BCUT2D eigenvalue weighted by molar-refractivity contribution is 6.02. The van der Waals surface area contributed by atoms with E-state index in [9.17, 15) is 9.59 Å². The zero-order valence-corrected chi connectivity index (χ0v) is 9.96.